The Labute approximate surface area is 120 Å². The fraction of sp³-hybridized carbons (Fsp3) is 0.562. The molecule has 4 nitrogen and oxygen atoms in total. The van der Waals surface area contributed by atoms with Crippen LogP contribution in [0.5, 0.6) is 5.75 Å². The highest BCUT2D eigenvalue weighted by atomic mass is 16.5. The number of para-hydroxylation sites is 1. The Morgan fingerprint density at radius 2 is 2.25 bits per heavy atom. The van der Waals surface area contributed by atoms with Crippen molar-refractivity contribution in [2.75, 3.05) is 23.4 Å². The maximum Gasteiger partial charge on any atom is 0.247 e. The zero-order valence-corrected chi connectivity index (χ0v) is 12.2. The fourth-order valence-corrected chi connectivity index (χ4v) is 3.31. The standard InChI is InChI=1S/C16H22N2O2/c1-3-11-8-9-18-12-6-5-7-14(20-4-2)15(12)17-16(19)13(18)10-11/h5-7,11,13H,3-4,8-10H2,1-2H3,(H,17,19). The van der Waals surface area contributed by atoms with E-state index in [0.717, 1.165) is 36.5 Å². The first-order valence-corrected chi connectivity index (χ1v) is 7.57. The Kier molecular flexibility index (Phi) is 3.55. The molecule has 20 heavy (non-hydrogen) atoms. The van der Waals surface area contributed by atoms with Crippen molar-refractivity contribution >= 4 is 17.3 Å². The molecule has 0 radical (unpaired) electrons. The Morgan fingerprint density at radius 3 is 3.00 bits per heavy atom. The highest BCUT2D eigenvalue weighted by Crippen LogP contribution is 2.42. The Bertz CT molecular complexity index is 515. The summed E-state index contributed by atoms with van der Waals surface area (Å²) >= 11 is 0. The molecule has 1 saturated heterocycles. The lowest BCUT2D eigenvalue weighted by Crippen LogP contribution is -2.52. The van der Waals surface area contributed by atoms with Gasteiger partial charge in [-0.05, 0) is 37.8 Å². The average Bonchev–Trinajstić information content (AvgIpc) is 2.48. The minimum Gasteiger partial charge on any atom is -0.492 e. The van der Waals surface area contributed by atoms with Crippen molar-refractivity contribution in [1.29, 1.82) is 0 Å². The molecule has 2 aliphatic rings. The largest absolute Gasteiger partial charge is 0.492 e. The molecule has 1 aromatic carbocycles. The monoisotopic (exact) mass is 274 g/mol. The number of hydrogen-bond acceptors (Lipinski definition) is 3. The maximum absolute atomic E-state index is 12.4. The number of carbonyl (C=O) groups is 1. The van der Waals surface area contributed by atoms with E-state index in [1.165, 1.54) is 6.42 Å². The molecule has 0 aromatic heterocycles. The summed E-state index contributed by atoms with van der Waals surface area (Å²) in [5.74, 6) is 1.55. The molecule has 0 saturated carbocycles. The van der Waals surface area contributed by atoms with Crippen LogP contribution in [-0.2, 0) is 4.79 Å². The second-order valence-corrected chi connectivity index (χ2v) is 5.58. The number of piperidine rings is 1. The van der Waals surface area contributed by atoms with E-state index in [9.17, 15) is 4.79 Å². The van der Waals surface area contributed by atoms with Crippen LogP contribution in [0.4, 0.5) is 11.4 Å². The van der Waals surface area contributed by atoms with Crippen molar-refractivity contribution in [3.63, 3.8) is 0 Å². The van der Waals surface area contributed by atoms with E-state index >= 15 is 0 Å². The van der Waals surface area contributed by atoms with E-state index < -0.39 is 0 Å². The molecular formula is C16H22N2O2. The Morgan fingerprint density at radius 1 is 1.40 bits per heavy atom. The fourth-order valence-electron chi connectivity index (χ4n) is 3.31. The summed E-state index contributed by atoms with van der Waals surface area (Å²) in [5.41, 5.74) is 1.95. The second kappa shape index (κ2) is 5.35. The molecule has 108 valence electrons. The zero-order chi connectivity index (χ0) is 14.1. The number of fused-ring (bicyclic) bond motifs is 3. The second-order valence-electron chi connectivity index (χ2n) is 5.58. The minimum absolute atomic E-state index is 0.0157. The Hall–Kier alpha value is -1.71. The van der Waals surface area contributed by atoms with Gasteiger partial charge in [0, 0.05) is 6.54 Å². The third kappa shape index (κ3) is 2.13. The van der Waals surface area contributed by atoms with Crippen LogP contribution in [0.25, 0.3) is 0 Å². The van der Waals surface area contributed by atoms with Crippen molar-refractivity contribution in [3.8, 4) is 5.75 Å². The van der Waals surface area contributed by atoms with Crippen molar-refractivity contribution in [1.82, 2.24) is 0 Å². The van der Waals surface area contributed by atoms with Crippen LogP contribution in [-0.4, -0.2) is 25.1 Å². The summed E-state index contributed by atoms with van der Waals surface area (Å²) in [6.07, 6.45) is 3.28. The third-order valence-electron chi connectivity index (χ3n) is 4.45. The van der Waals surface area contributed by atoms with Crippen LogP contribution < -0.4 is 15.0 Å². The molecule has 4 heteroatoms. The molecule has 0 aliphatic carbocycles. The lowest BCUT2D eigenvalue weighted by Gasteiger charge is -2.43. The van der Waals surface area contributed by atoms with Gasteiger partial charge in [-0.2, -0.15) is 0 Å². The number of ether oxygens (including phenoxy) is 1. The first-order valence-electron chi connectivity index (χ1n) is 7.57. The van der Waals surface area contributed by atoms with Gasteiger partial charge in [-0.3, -0.25) is 4.79 Å². The predicted octanol–water partition coefficient (Wildman–Crippen LogP) is 3.03. The molecule has 1 fully saturated rings. The van der Waals surface area contributed by atoms with Gasteiger partial charge in [0.1, 0.15) is 17.5 Å². The maximum atomic E-state index is 12.4. The van der Waals surface area contributed by atoms with Crippen molar-refractivity contribution < 1.29 is 9.53 Å². The van der Waals surface area contributed by atoms with Gasteiger partial charge >= 0.3 is 0 Å². The molecule has 0 spiro atoms. The lowest BCUT2D eigenvalue weighted by atomic mass is 9.87. The first kappa shape index (κ1) is 13.3. The highest BCUT2D eigenvalue weighted by molar-refractivity contribution is 6.05. The van der Waals surface area contributed by atoms with Crippen LogP contribution in [0.2, 0.25) is 0 Å². The van der Waals surface area contributed by atoms with Crippen LogP contribution in [0.3, 0.4) is 0 Å². The molecule has 0 bridgehead atoms. The van der Waals surface area contributed by atoms with Gasteiger partial charge in [0.2, 0.25) is 5.91 Å². The van der Waals surface area contributed by atoms with Gasteiger partial charge in [0.15, 0.2) is 0 Å². The smallest absolute Gasteiger partial charge is 0.247 e. The quantitative estimate of drug-likeness (QED) is 0.921. The molecule has 1 aromatic rings. The average molecular weight is 274 g/mol. The van der Waals surface area contributed by atoms with Crippen molar-refractivity contribution in [2.24, 2.45) is 5.92 Å². The molecule has 2 aliphatic heterocycles. The topological polar surface area (TPSA) is 41.6 Å². The summed E-state index contributed by atoms with van der Waals surface area (Å²) in [6, 6.07) is 5.99. The highest BCUT2D eigenvalue weighted by Gasteiger charge is 2.38. The number of hydrogen-bond donors (Lipinski definition) is 1. The van der Waals surface area contributed by atoms with E-state index in [2.05, 4.69) is 23.2 Å². The number of rotatable bonds is 3. The van der Waals surface area contributed by atoms with Crippen LogP contribution in [0.15, 0.2) is 18.2 Å². The van der Waals surface area contributed by atoms with Gasteiger partial charge in [-0.25, -0.2) is 0 Å². The van der Waals surface area contributed by atoms with Crippen LogP contribution in [0.1, 0.15) is 33.1 Å². The summed E-state index contributed by atoms with van der Waals surface area (Å²) in [5, 5.41) is 3.05. The van der Waals surface area contributed by atoms with E-state index in [4.69, 9.17) is 4.74 Å². The number of carbonyl (C=O) groups excluding carboxylic acids is 1. The first-order chi connectivity index (χ1) is 9.74. The van der Waals surface area contributed by atoms with Crippen LogP contribution in [0, 0.1) is 5.92 Å². The van der Waals surface area contributed by atoms with Crippen LogP contribution >= 0.6 is 0 Å². The van der Waals surface area contributed by atoms with E-state index in [-0.39, 0.29) is 11.9 Å². The third-order valence-corrected chi connectivity index (χ3v) is 4.45. The van der Waals surface area contributed by atoms with Crippen molar-refractivity contribution in [3.05, 3.63) is 18.2 Å². The van der Waals surface area contributed by atoms with Gasteiger partial charge in [-0.1, -0.05) is 19.4 Å². The number of nitrogens with zero attached hydrogens (tertiary/aromatic N) is 1. The number of nitrogens with one attached hydrogen (secondary N) is 1. The number of amides is 1. The van der Waals surface area contributed by atoms with Gasteiger partial charge < -0.3 is 15.0 Å². The number of benzene rings is 1. The van der Waals surface area contributed by atoms with E-state index in [0.29, 0.717) is 12.5 Å². The summed E-state index contributed by atoms with van der Waals surface area (Å²) in [4.78, 5) is 14.7. The normalized spacial score (nSPS) is 24.7. The summed E-state index contributed by atoms with van der Waals surface area (Å²) < 4.78 is 5.63. The van der Waals surface area contributed by atoms with Crippen molar-refractivity contribution in [2.45, 2.75) is 39.2 Å². The Balaban J connectivity index is 1.95. The zero-order valence-electron chi connectivity index (χ0n) is 12.2. The molecule has 1 N–H and O–H groups in total. The molecule has 2 atom stereocenters. The predicted molar refractivity (Wildman–Crippen MR) is 80.4 cm³/mol. The molecule has 1 amide bonds. The van der Waals surface area contributed by atoms with E-state index in [1.54, 1.807) is 0 Å². The minimum atomic E-state index is -0.0157. The van der Waals surface area contributed by atoms with Gasteiger partial charge in [0.05, 0.1) is 12.3 Å². The lowest BCUT2D eigenvalue weighted by molar-refractivity contribution is -0.118. The summed E-state index contributed by atoms with van der Waals surface area (Å²) in [6.45, 7) is 5.73. The molecule has 3 rings (SSSR count). The van der Waals surface area contributed by atoms with Gasteiger partial charge in [0.25, 0.3) is 0 Å². The molecule has 2 heterocycles. The number of anilines is 2. The molecular weight excluding hydrogens is 252 g/mol. The van der Waals surface area contributed by atoms with Gasteiger partial charge in [-0.15, -0.1) is 0 Å². The SMILES string of the molecule is CCOc1cccc2c1NC(=O)C1CC(CC)CCN21. The summed E-state index contributed by atoms with van der Waals surface area (Å²) in [7, 11) is 0. The van der Waals surface area contributed by atoms with E-state index in [1.807, 2.05) is 19.1 Å². The molecule has 2 unspecified atom stereocenters.